The Kier molecular flexibility index (Phi) is 4.60. The summed E-state index contributed by atoms with van der Waals surface area (Å²) in [5.74, 6) is 0.796. The first kappa shape index (κ1) is 11.9. The van der Waals surface area contributed by atoms with Crippen LogP contribution in [-0.2, 0) is 0 Å². The molecule has 1 atom stereocenters. The number of thiazole rings is 1. The van der Waals surface area contributed by atoms with Crippen LogP contribution in [0.4, 0.5) is 5.13 Å². The molecule has 0 amide bonds. The number of rotatable bonds is 5. The fraction of sp³-hybridized carbons (Fsp3) is 0.750. The van der Waals surface area contributed by atoms with E-state index in [1.807, 2.05) is 6.20 Å². The van der Waals surface area contributed by atoms with Crippen LogP contribution >= 0.6 is 11.3 Å². The van der Waals surface area contributed by atoms with Gasteiger partial charge in [-0.05, 0) is 38.3 Å². The van der Waals surface area contributed by atoms with Crippen molar-refractivity contribution in [1.29, 1.82) is 0 Å². The van der Waals surface area contributed by atoms with Crippen molar-refractivity contribution in [3.63, 3.8) is 0 Å². The van der Waals surface area contributed by atoms with E-state index in [-0.39, 0.29) is 0 Å². The number of piperidine rings is 1. The quantitative estimate of drug-likeness (QED) is 0.855. The lowest BCUT2D eigenvalue weighted by Crippen LogP contribution is -2.38. The molecule has 1 aromatic heterocycles. The minimum atomic E-state index is 0.796. The summed E-state index contributed by atoms with van der Waals surface area (Å²) in [6.45, 7) is 6.89. The van der Waals surface area contributed by atoms with Crippen LogP contribution in [0.25, 0.3) is 0 Å². The molecule has 0 saturated carbocycles. The van der Waals surface area contributed by atoms with Crippen molar-refractivity contribution in [2.24, 2.45) is 5.92 Å². The zero-order valence-electron chi connectivity index (χ0n) is 9.98. The Morgan fingerprint density at radius 1 is 1.62 bits per heavy atom. The van der Waals surface area contributed by atoms with E-state index < -0.39 is 0 Å². The molecule has 0 aromatic carbocycles. The van der Waals surface area contributed by atoms with Crippen molar-refractivity contribution in [3.8, 4) is 0 Å². The van der Waals surface area contributed by atoms with Crippen molar-refractivity contribution < 1.29 is 0 Å². The van der Waals surface area contributed by atoms with Crippen molar-refractivity contribution in [2.45, 2.75) is 26.2 Å². The monoisotopic (exact) mass is 239 g/mol. The van der Waals surface area contributed by atoms with Crippen LogP contribution < -0.4 is 10.2 Å². The molecule has 16 heavy (non-hydrogen) atoms. The van der Waals surface area contributed by atoms with E-state index in [0.717, 1.165) is 19.0 Å². The molecule has 1 aliphatic rings. The lowest BCUT2D eigenvalue weighted by Gasteiger charge is -2.29. The van der Waals surface area contributed by atoms with Crippen LogP contribution in [0.15, 0.2) is 11.6 Å². The molecule has 0 radical (unpaired) electrons. The Hall–Kier alpha value is -0.610. The summed E-state index contributed by atoms with van der Waals surface area (Å²) in [7, 11) is 0. The number of anilines is 1. The third-order valence-electron chi connectivity index (χ3n) is 3.06. The van der Waals surface area contributed by atoms with E-state index in [0.29, 0.717) is 0 Å². The summed E-state index contributed by atoms with van der Waals surface area (Å²) >= 11 is 1.75. The lowest BCUT2D eigenvalue weighted by molar-refractivity contribution is 0.376. The molecule has 1 fully saturated rings. The first-order valence-corrected chi connectivity index (χ1v) is 7.13. The highest BCUT2D eigenvalue weighted by atomic mass is 32.1. The van der Waals surface area contributed by atoms with Crippen LogP contribution in [0, 0.1) is 5.92 Å². The van der Waals surface area contributed by atoms with Gasteiger partial charge in [-0.2, -0.15) is 0 Å². The molecule has 1 unspecified atom stereocenters. The summed E-state index contributed by atoms with van der Waals surface area (Å²) in [5, 5.41) is 6.74. The molecule has 1 aliphatic heterocycles. The molecule has 2 heterocycles. The summed E-state index contributed by atoms with van der Waals surface area (Å²) in [6.07, 6.45) is 5.78. The van der Waals surface area contributed by atoms with Gasteiger partial charge in [-0.3, -0.25) is 0 Å². The maximum atomic E-state index is 4.42. The first-order chi connectivity index (χ1) is 7.90. The van der Waals surface area contributed by atoms with Gasteiger partial charge in [0.15, 0.2) is 5.13 Å². The molecule has 90 valence electrons. The topological polar surface area (TPSA) is 28.2 Å². The summed E-state index contributed by atoms with van der Waals surface area (Å²) in [5.41, 5.74) is 0. The van der Waals surface area contributed by atoms with Gasteiger partial charge in [0.05, 0.1) is 0 Å². The molecule has 2 rings (SSSR count). The highest BCUT2D eigenvalue weighted by Gasteiger charge is 2.17. The van der Waals surface area contributed by atoms with Crippen LogP contribution in [-0.4, -0.2) is 31.2 Å². The largest absolute Gasteiger partial charge is 0.348 e. The molecular weight excluding hydrogens is 218 g/mol. The van der Waals surface area contributed by atoms with Crippen LogP contribution in [0.1, 0.15) is 26.2 Å². The average molecular weight is 239 g/mol. The summed E-state index contributed by atoms with van der Waals surface area (Å²) < 4.78 is 0. The van der Waals surface area contributed by atoms with Gasteiger partial charge >= 0.3 is 0 Å². The zero-order valence-corrected chi connectivity index (χ0v) is 10.8. The molecular formula is C12H21N3S. The number of hydrogen-bond donors (Lipinski definition) is 1. The third kappa shape index (κ3) is 3.19. The van der Waals surface area contributed by atoms with Gasteiger partial charge in [-0.15, -0.1) is 11.3 Å². The molecule has 1 N–H and O–H groups in total. The van der Waals surface area contributed by atoms with Crippen molar-refractivity contribution >= 4 is 16.5 Å². The van der Waals surface area contributed by atoms with E-state index in [9.17, 15) is 0 Å². The van der Waals surface area contributed by atoms with E-state index in [1.165, 1.54) is 37.5 Å². The smallest absolute Gasteiger partial charge is 0.185 e. The molecule has 1 aromatic rings. The fourth-order valence-electron chi connectivity index (χ4n) is 2.30. The highest BCUT2D eigenvalue weighted by Crippen LogP contribution is 2.21. The van der Waals surface area contributed by atoms with Gasteiger partial charge in [-0.1, -0.05) is 6.92 Å². The van der Waals surface area contributed by atoms with Gasteiger partial charge in [0.25, 0.3) is 0 Å². The van der Waals surface area contributed by atoms with E-state index in [1.54, 1.807) is 11.3 Å². The van der Waals surface area contributed by atoms with Crippen LogP contribution in [0.3, 0.4) is 0 Å². The Bertz CT molecular complexity index is 280. The number of nitrogens with one attached hydrogen (secondary N) is 1. The predicted molar refractivity (Wildman–Crippen MR) is 70.2 cm³/mol. The summed E-state index contributed by atoms with van der Waals surface area (Å²) in [6, 6.07) is 0. The fourth-order valence-corrected chi connectivity index (χ4v) is 2.98. The maximum absolute atomic E-state index is 4.42. The molecule has 3 nitrogen and oxygen atoms in total. The Labute approximate surface area is 102 Å². The standard InChI is InChI=1S/C12H21N3S/c1-2-7-15(12-14-6-8-16-12)10-11-4-3-5-13-9-11/h6,8,11,13H,2-5,7,9-10H2,1H3. The number of hydrogen-bond acceptors (Lipinski definition) is 4. The molecule has 0 bridgehead atoms. The minimum Gasteiger partial charge on any atom is -0.348 e. The van der Waals surface area contributed by atoms with Crippen LogP contribution in [0.5, 0.6) is 0 Å². The number of nitrogens with zero attached hydrogens (tertiary/aromatic N) is 2. The van der Waals surface area contributed by atoms with Crippen molar-refractivity contribution in [2.75, 3.05) is 31.1 Å². The minimum absolute atomic E-state index is 0.796. The van der Waals surface area contributed by atoms with E-state index in [4.69, 9.17) is 0 Å². The van der Waals surface area contributed by atoms with Crippen molar-refractivity contribution in [1.82, 2.24) is 10.3 Å². The van der Waals surface area contributed by atoms with Crippen molar-refractivity contribution in [3.05, 3.63) is 11.6 Å². The molecule has 1 saturated heterocycles. The normalized spacial score (nSPS) is 20.9. The van der Waals surface area contributed by atoms with Gasteiger partial charge in [0.1, 0.15) is 0 Å². The Morgan fingerprint density at radius 2 is 2.56 bits per heavy atom. The van der Waals surface area contributed by atoms with Gasteiger partial charge < -0.3 is 10.2 Å². The van der Waals surface area contributed by atoms with Gasteiger partial charge in [-0.25, -0.2) is 4.98 Å². The predicted octanol–water partition coefficient (Wildman–Crippen LogP) is 2.36. The Morgan fingerprint density at radius 3 is 3.19 bits per heavy atom. The zero-order chi connectivity index (χ0) is 11.2. The Balaban J connectivity index is 1.91. The summed E-state index contributed by atoms with van der Waals surface area (Å²) in [4.78, 5) is 6.87. The van der Waals surface area contributed by atoms with Crippen LogP contribution in [0.2, 0.25) is 0 Å². The average Bonchev–Trinajstić information content (AvgIpc) is 2.83. The second-order valence-electron chi connectivity index (χ2n) is 4.47. The molecule has 0 aliphatic carbocycles. The lowest BCUT2D eigenvalue weighted by atomic mass is 9.99. The highest BCUT2D eigenvalue weighted by molar-refractivity contribution is 7.13. The van der Waals surface area contributed by atoms with E-state index in [2.05, 4.69) is 27.5 Å². The SMILES string of the molecule is CCCN(CC1CCCNC1)c1nccs1. The van der Waals surface area contributed by atoms with E-state index >= 15 is 0 Å². The second-order valence-corrected chi connectivity index (χ2v) is 5.35. The molecule has 0 spiro atoms. The second kappa shape index (κ2) is 6.21. The van der Waals surface area contributed by atoms with Gasteiger partial charge in [0, 0.05) is 24.7 Å². The third-order valence-corrected chi connectivity index (χ3v) is 3.89. The van der Waals surface area contributed by atoms with Gasteiger partial charge in [0.2, 0.25) is 0 Å². The maximum Gasteiger partial charge on any atom is 0.185 e. The first-order valence-electron chi connectivity index (χ1n) is 6.25. The number of aromatic nitrogens is 1. The molecule has 4 heteroatoms.